The van der Waals surface area contributed by atoms with Crippen LogP contribution < -0.4 is 4.90 Å². The fourth-order valence-corrected chi connectivity index (χ4v) is 2.18. The third-order valence-corrected chi connectivity index (χ3v) is 3.40. The predicted octanol–water partition coefficient (Wildman–Crippen LogP) is 2.08. The normalized spacial score (nSPS) is 21.6. The molecular weight excluding hydrogens is 214 g/mol. The zero-order valence-electron chi connectivity index (χ0n) is 10.8. The molecule has 0 amide bonds. The molecule has 0 aromatic carbocycles. The minimum Gasteiger partial charge on any atom is -0.386 e. The summed E-state index contributed by atoms with van der Waals surface area (Å²) in [4.78, 5) is 11.0. The number of hydrogen-bond donors (Lipinski definition) is 1. The molecule has 1 saturated heterocycles. The molecule has 1 aromatic heterocycles. The van der Waals surface area contributed by atoms with Gasteiger partial charge in [0.15, 0.2) is 0 Å². The highest BCUT2D eigenvalue weighted by molar-refractivity contribution is 5.32. The van der Waals surface area contributed by atoms with Crippen molar-refractivity contribution < 1.29 is 5.11 Å². The standard InChI is InChI=1S/C13H21N3O/c1-10-6-4-5-7-16(10)12-14-8-11(9-15-12)13(2,3)17/h8-10,17H,4-7H2,1-3H3/t10-/m0/s1. The second-order valence-corrected chi connectivity index (χ2v) is 5.37. The molecule has 0 radical (unpaired) electrons. The molecule has 2 heterocycles. The van der Waals surface area contributed by atoms with Crippen molar-refractivity contribution in [3.8, 4) is 0 Å². The van der Waals surface area contributed by atoms with E-state index in [1.807, 2.05) is 0 Å². The Morgan fingerprint density at radius 3 is 2.47 bits per heavy atom. The van der Waals surface area contributed by atoms with E-state index in [1.54, 1.807) is 26.2 Å². The Morgan fingerprint density at radius 2 is 1.94 bits per heavy atom. The Morgan fingerprint density at radius 1 is 1.29 bits per heavy atom. The molecule has 1 N–H and O–H groups in total. The van der Waals surface area contributed by atoms with E-state index in [0.29, 0.717) is 6.04 Å². The number of anilines is 1. The summed E-state index contributed by atoms with van der Waals surface area (Å²) in [6, 6.07) is 0.511. The molecule has 0 bridgehead atoms. The van der Waals surface area contributed by atoms with Gasteiger partial charge in [0.05, 0.1) is 5.60 Å². The molecule has 0 aliphatic carbocycles. The minimum absolute atomic E-state index is 0.511. The summed E-state index contributed by atoms with van der Waals surface area (Å²) in [5.74, 6) is 0.783. The molecule has 0 spiro atoms. The molecule has 94 valence electrons. The monoisotopic (exact) mass is 235 g/mol. The van der Waals surface area contributed by atoms with Gasteiger partial charge in [0, 0.05) is 30.5 Å². The third kappa shape index (κ3) is 2.75. The van der Waals surface area contributed by atoms with Gasteiger partial charge in [-0.3, -0.25) is 0 Å². The van der Waals surface area contributed by atoms with Crippen molar-refractivity contribution in [2.75, 3.05) is 11.4 Å². The second kappa shape index (κ2) is 4.61. The van der Waals surface area contributed by atoms with E-state index in [4.69, 9.17) is 0 Å². The highest BCUT2D eigenvalue weighted by Gasteiger charge is 2.22. The number of hydrogen-bond acceptors (Lipinski definition) is 4. The van der Waals surface area contributed by atoms with Crippen molar-refractivity contribution in [3.05, 3.63) is 18.0 Å². The number of aromatic nitrogens is 2. The van der Waals surface area contributed by atoms with Crippen molar-refractivity contribution in [1.82, 2.24) is 9.97 Å². The summed E-state index contributed by atoms with van der Waals surface area (Å²) >= 11 is 0. The SMILES string of the molecule is C[C@H]1CCCCN1c1ncc(C(C)(C)O)cn1. The van der Waals surface area contributed by atoms with E-state index in [2.05, 4.69) is 21.8 Å². The topological polar surface area (TPSA) is 49.2 Å². The van der Waals surface area contributed by atoms with Gasteiger partial charge >= 0.3 is 0 Å². The molecular formula is C13H21N3O. The largest absolute Gasteiger partial charge is 0.386 e. The summed E-state index contributed by atoms with van der Waals surface area (Å²) in [5, 5.41) is 9.85. The third-order valence-electron chi connectivity index (χ3n) is 3.40. The van der Waals surface area contributed by atoms with Crippen LogP contribution in [-0.2, 0) is 5.60 Å². The maximum absolute atomic E-state index is 9.85. The lowest BCUT2D eigenvalue weighted by Crippen LogP contribution is -2.38. The summed E-state index contributed by atoms with van der Waals surface area (Å²) in [6.45, 7) is 6.74. The first-order valence-corrected chi connectivity index (χ1v) is 6.30. The van der Waals surface area contributed by atoms with Crippen LogP contribution in [0.5, 0.6) is 0 Å². The van der Waals surface area contributed by atoms with Gasteiger partial charge in [0.1, 0.15) is 0 Å². The Balaban J connectivity index is 2.17. The lowest BCUT2D eigenvalue weighted by Gasteiger charge is -2.33. The average molecular weight is 235 g/mol. The van der Waals surface area contributed by atoms with Gasteiger partial charge in [0.25, 0.3) is 0 Å². The number of rotatable bonds is 2. The minimum atomic E-state index is -0.869. The highest BCUT2D eigenvalue weighted by Crippen LogP contribution is 2.23. The summed E-state index contributed by atoms with van der Waals surface area (Å²) in [7, 11) is 0. The van der Waals surface area contributed by atoms with Crippen LogP contribution in [0.2, 0.25) is 0 Å². The van der Waals surface area contributed by atoms with E-state index in [1.165, 1.54) is 19.3 Å². The highest BCUT2D eigenvalue weighted by atomic mass is 16.3. The van der Waals surface area contributed by atoms with Crippen LogP contribution in [0.1, 0.15) is 45.6 Å². The fourth-order valence-electron chi connectivity index (χ4n) is 2.18. The van der Waals surface area contributed by atoms with Gasteiger partial charge in [-0.05, 0) is 40.0 Å². The molecule has 1 aromatic rings. The van der Waals surface area contributed by atoms with E-state index >= 15 is 0 Å². The Hall–Kier alpha value is -1.16. The molecule has 17 heavy (non-hydrogen) atoms. The smallest absolute Gasteiger partial charge is 0.225 e. The van der Waals surface area contributed by atoms with E-state index < -0.39 is 5.60 Å². The molecule has 1 aliphatic rings. The van der Waals surface area contributed by atoms with Gasteiger partial charge in [-0.1, -0.05) is 0 Å². The first-order chi connectivity index (χ1) is 7.98. The summed E-state index contributed by atoms with van der Waals surface area (Å²) in [6.07, 6.45) is 7.16. The zero-order chi connectivity index (χ0) is 12.5. The fraction of sp³-hybridized carbons (Fsp3) is 0.692. The van der Waals surface area contributed by atoms with Crippen molar-refractivity contribution in [2.24, 2.45) is 0 Å². The Labute approximate surface area is 103 Å². The quantitative estimate of drug-likeness (QED) is 0.852. The first-order valence-electron chi connectivity index (χ1n) is 6.30. The van der Waals surface area contributed by atoms with Crippen LogP contribution in [0.3, 0.4) is 0 Å². The van der Waals surface area contributed by atoms with Crippen LogP contribution >= 0.6 is 0 Å². The molecule has 0 saturated carbocycles. The van der Waals surface area contributed by atoms with Crippen molar-refractivity contribution in [1.29, 1.82) is 0 Å². The first kappa shape index (κ1) is 12.3. The lowest BCUT2D eigenvalue weighted by atomic mass is 10.0. The average Bonchev–Trinajstić information content (AvgIpc) is 2.29. The van der Waals surface area contributed by atoms with Crippen LogP contribution in [-0.4, -0.2) is 27.7 Å². The Bertz CT molecular complexity index is 369. The Kier molecular flexibility index (Phi) is 3.33. The molecule has 0 unspecified atom stereocenters. The van der Waals surface area contributed by atoms with Gasteiger partial charge < -0.3 is 10.0 Å². The molecule has 2 rings (SSSR count). The van der Waals surface area contributed by atoms with Gasteiger partial charge in [0.2, 0.25) is 5.95 Å². The maximum Gasteiger partial charge on any atom is 0.225 e. The number of aliphatic hydroxyl groups is 1. The summed E-state index contributed by atoms with van der Waals surface area (Å²) in [5.41, 5.74) is -0.114. The van der Waals surface area contributed by atoms with Crippen molar-refractivity contribution in [3.63, 3.8) is 0 Å². The summed E-state index contributed by atoms with van der Waals surface area (Å²) < 4.78 is 0. The van der Waals surface area contributed by atoms with Gasteiger partial charge in [-0.25, -0.2) is 9.97 Å². The van der Waals surface area contributed by atoms with Crippen LogP contribution in [0, 0.1) is 0 Å². The molecule has 1 fully saturated rings. The zero-order valence-corrected chi connectivity index (χ0v) is 10.8. The molecule has 4 nitrogen and oxygen atoms in total. The van der Waals surface area contributed by atoms with Crippen LogP contribution in [0.25, 0.3) is 0 Å². The van der Waals surface area contributed by atoms with Crippen molar-refractivity contribution in [2.45, 2.75) is 51.7 Å². The maximum atomic E-state index is 9.85. The van der Waals surface area contributed by atoms with Gasteiger partial charge in [-0.15, -0.1) is 0 Å². The predicted molar refractivity (Wildman–Crippen MR) is 67.9 cm³/mol. The molecule has 1 aliphatic heterocycles. The molecule has 1 atom stereocenters. The second-order valence-electron chi connectivity index (χ2n) is 5.37. The van der Waals surface area contributed by atoms with E-state index in [-0.39, 0.29) is 0 Å². The van der Waals surface area contributed by atoms with E-state index in [0.717, 1.165) is 18.1 Å². The van der Waals surface area contributed by atoms with Crippen LogP contribution in [0.15, 0.2) is 12.4 Å². The van der Waals surface area contributed by atoms with Crippen molar-refractivity contribution >= 4 is 5.95 Å². The van der Waals surface area contributed by atoms with Crippen LogP contribution in [0.4, 0.5) is 5.95 Å². The van der Waals surface area contributed by atoms with E-state index in [9.17, 15) is 5.11 Å². The number of nitrogens with zero attached hydrogens (tertiary/aromatic N) is 3. The molecule has 4 heteroatoms. The van der Waals surface area contributed by atoms with Gasteiger partial charge in [-0.2, -0.15) is 0 Å². The number of piperidine rings is 1. The lowest BCUT2D eigenvalue weighted by molar-refractivity contribution is 0.0778.